The Morgan fingerprint density at radius 3 is 2.58 bits per heavy atom. The van der Waals surface area contributed by atoms with Gasteiger partial charge >= 0.3 is 0 Å². The molecule has 2 unspecified atom stereocenters. The first-order valence-electron chi connectivity index (χ1n) is 8.20. The van der Waals surface area contributed by atoms with Crippen molar-refractivity contribution in [1.29, 1.82) is 0 Å². The van der Waals surface area contributed by atoms with E-state index in [0.717, 1.165) is 5.56 Å². The fraction of sp³-hybridized carbons (Fsp3) is 0.611. The Hall–Kier alpha value is -0.810. The number of benzene rings is 1. The van der Waals surface area contributed by atoms with Crippen molar-refractivity contribution in [3.63, 3.8) is 0 Å². The first-order valence-corrected chi connectivity index (χ1v) is 8.58. The highest BCUT2D eigenvalue weighted by Crippen LogP contribution is 2.50. The second-order valence-corrected chi connectivity index (χ2v) is 7.23. The van der Waals surface area contributed by atoms with Crippen molar-refractivity contribution in [3.05, 3.63) is 34.9 Å². The number of halogens is 2. The van der Waals surface area contributed by atoms with E-state index in [2.05, 4.69) is 0 Å². The minimum atomic E-state index is -0.874. The predicted molar refractivity (Wildman–Crippen MR) is 101 cm³/mol. The molecule has 1 amide bonds. The Morgan fingerprint density at radius 1 is 1.42 bits per heavy atom. The SMILES string of the molecule is CCOC1CC(N)(C(=O)N(CC)Cc2cccc(Cl)c2)C1(C)C.Cl. The van der Waals surface area contributed by atoms with Crippen LogP contribution < -0.4 is 5.73 Å². The van der Waals surface area contributed by atoms with Crippen LogP contribution >= 0.6 is 24.0 Å². The topological polar surface area (TPSA) is 55.6 Å². The van der Waals surface area contributed by atoms with Gasteiger partial charge in [0.05, 0.1) is 6.10 Å². The van der Waals surface area contributed by atoms with Crippen molar-refractivity contribution < 1.29 is 9.53 Å². The first kappa shape index (κ1) is 21.2. The molecule has 0 aliphatic heterocycles. The van der Waals surface area contributed by atoms with Gasteiger partial charge in [0.25, 0.3) is 0 Å². The molecule has 4 nitrogen and oxygen atoms in total. The summed E-state index contributed by atoms with van der Waals surface area (Å²) >= 11 is 6.03. The van der Waals surface area contributed by atoms with Crippen LogP contribution in [0.1, 0.15) is 39.7 Å². The van der Waals surface area contributed by atoms with E-state index in [4.69, 9.17) is 22.1 Å². The van der Waals surface area contributed by atoms with Crippen molar-refractivity contribution >= 4 is 29.9 Å². The molecule has 24 heavy (non-hydrogen) atoms. The monoisotopic (exact) mass is 374 g/mol. The normalized spacial score (nSPS) is 24.7. The van der Waals surface area contributed by atoms with Crippen molar-refractivity contribution in [2.24, 2.45) is 11.1 Å². The third-order valence-corrected chi connectivity index (χ3v) is 5.38. The maximum absolute atomic E-state index is 13.0. The van der Waals surface area contributed by atoms with Crippen molar-refractivity contribution in [1.82, 2.24) is 4.90 Å². The minimum absolute atomic E-state index is 0. The van der Waals surface area contributed by atoms with Gasteiger partial charge in [-0.2, -0.15) is 0 Å². The van der Waals surface area contributed by atoms with Gasteiger partial charge in [0.2, 0.25) is 5.91 Å². The maximum atomic E-state index is 13.0. The zero-order chi connectivity index (χ0) is 17.3. The predicted octanol–water partition coefficient (Wildman–Crippen LogP) is 3.64. The van der Waals surface area contributed by atoms with E-state index in [1.165, 1.54) is 0 Å². The lowest BCUT2D eigenvalue weighted by molar-refractivity contribution is -0.179. The number of rotatable bonds is 6. The van der Waals surface area contributed by atoms with E-state index < -0.39 is 5.54 Å². The van der Waals surface area contributed by atoms with Gasteiger partial charge < -0.3 is 15.4 Å². The smallest absolute Gasteiger partial charge is 0.243 e. The van der Waals surface area contributed by atoms with Crippen LogP contribution in [0.15, 0.2) is 24.3 Å². The largest absolute Gasteiger partial charge is 0.378 e. The molecular weight excluding hydrogens is 347 g/mol. The maximum Gasteiger partial charge on any atom is 0.243 e. The lowest BCUT2D eigenvalue weighted by Crippen LogP contribution is -2.76. The molecule has 1 fully saturated rings. The van der Waals surface area contributed by atoms with E-state index in [9.17, 15) is 4.79 Å². The number of carbonyl (C=O) groups excluding carboxylic acids is 1. The average molecular weight is 375 g/mol. The van der Waals surface area contributed by atoms with Crippen LogP contribution in [0.4, 0.5) is 0 Å². The van der Waals surface area contributed by atoms with E-state index in [-0.39, 0.29) is 29.8 Å². The van der Waals surface area contributed by atoms with Gasteiger partial charge in [-0.15, -0.1) is 12.4 Å². The van der Waals surface area contributed by atoms with E-state index >= 15 is 0 Å². The number of hydrogen-bond donors (Lipinski definition) is 1. The summed E-state index contributed by atoms with van der Waals surface area (Å²) in [7, 11) is 0. The van der Waals surface area contributed by atoms with Crippen LogP contribution in [-0.2, 0) is 16.1 Å². The van der Waals surface area contributed by atoms with E-state index in [0.29, 0.717) is 31.1 Å². The van der Waals surface area contributed by atoms with Crippen LogP contribution in [0.5, 0.6) is 0 Å². The van der Waals surface area contributed by atoms with Gasteiger partial charge in [-0.1, -0.05) is 37.6 Å². The Labute approximate surface area is 156 Å². The molecule has 2 N–H and O–H groups in total. The molecule has 1 saturated carbocycles. The van der Waals surface area contributed by atoms with Crippen LogP contribution in [0.3, 0.4) is 0 Å². The van der Waals surface area contributed by atoms with Crippen LogP contribution in [0.2, 0.25) is 5.02 Å². The Morgan fingerprint density at radius 2 is 2.08 bits per heavy atom. The molecular formula is C18H28Cl2N2O2. The molecule has 0 saturated heterocycles. The zero-order valence-corrected chi connectivity index (χ0v) is 16.4. The number of ether oxygens (including phenoxy) is 1. The lowest BCUT2D eigenvalue weighted by atomic mass is 9.54. The number of hydrogen-bond acceptors (Lipinski definition) is 3. The molecule has 0 radical (unpaired) electrons. The van der Waals surface area contributed by atoms with Crippen LogP contribution in [-0.4, -0.2) is 35.6 Å². The van der Waals surface area contributed by atoms with Gasteiger partial charge in [-0.3, -0.25) is 4.79 Å². The highest BCUT2D eigenvalue weighted by Gasteiger charge is 2.63. The quantitative estimate of drug-likeness (QED) is 0.826. The van der Waals surface area contributed by atoms with Crippen molar-refractivity contribution in [2.45, 2.75) is 52.3 Å². The molecule has 2 rings (SSSR count). The molecule has 1 aromatic carbocycles. The fourth-order valence-corrected chi connectivity index (χ4v) is 3.48. The second kappa shape index (κ2) is 8.05. The summed E-state index contributed by atoms with van der Waals surface area (Å²) in [5.41, 5.74) is 6.27. The summed E-state index contributed by atoms with van der Waals surface area (Å²) in [6.45, 7) is 9.73. The molecule has 0 heterocycles. The molecule has 6 heteroatoms. The number of likely N-dealkylation sites (N-methyl/N-ethyl adjacent to an activating group) is 1. The van der Waals surface area contributed by atoms with Gasteiger partial charge in [-0.05, 0) is 31.5 Å². The molecule has 0 spiro atoms. The summed E-state index contributed by atoms with van der Waals surface area (Å²) in [5, 5.41) is 0.675. The lowest BCUT2D eigenvalue weighted by Gasteiger charge is -2.58. The molecule has 0 bridgehead atoms. The zero-order valence-electron chi connectivity index (χ0n) is 14.8. The standard InChI is InChI=1S/C18H27ClN2O2.ClH/c1-5-21(12-13-8-7-9-14(19)10-13)16(22)18(20)11-15(23-6-2)17(18,3)4;/h7-10,15H,5-6,11-12,20H2,1-4H3;1H. The van der Waals surface area contributed by atoms with Gasteiger partial charge in [0.15, 0.2) is 0 Å². The van der Waals surface area contributed by atoms with E-state index in [1.807, 2.05) is 52.0 Å². The third-order valence-electron chi connectivity index (χ3n) is 5.14. The second-order valence-electron chi connectivity index (χ2n) is 6.79. The first-order chi connectivity index (χ1) is 10.8. The van der Waals surface area contributed by atoms with E-state index in [1.54, 1.807) is 4.90 Å². The molecule has 0 aromatic heterocycles. The molecule has 136 valence electrons. The summed E-state index contributed by atoms with van der Waals surface area (Å²) in [5.74, 6) is -0.0130. The Balaban J connectivity index is 0.00000288. The third kappa shape index (κ3) is 3.72. The van der Waals surface area contributed by atoms with Crippen molar-refractivity contribution in [2.75, 3.05) is 13.2 Å². The van der Waals surface area contributed by atoms with Gasteiger partial charge in [-0.25, -0.2) is 0 Å². The average Bonchev–Trinajstić information content (AvgIpc) is 2.51. The summed E-state index contributed by atoms with van der Waals surface area (Å²) in [6.07, 6.45) is 0.602. The number of nitrogens with two attached hydrogens (primary N) is 1. The highest BCUT2D eigenvalue weighted by atomic mass is 35.5. The Kier molecular flexibility index (Phi) is 7.12. The van der Waals surface area contributed by atoms with Gasteiger partial charge in [0, 0.05) is 36.6 Å². The summed E-state index contributed by atoms with van der Waals surface area (Å²) < 4.78 is 5.72. The Bertz CT molecular complexity index is 580. The fourth-order valence-electron chi connectivity index (χ4n) is 3.26. The number of amides is 1. The molecule has 2 atom stereocenters. The number of carbonyl (C=O) groups is 1. The van der Waals surface area contributed by atoms with Crippen LogP contribution in [0.25, 0.3) is 0 Å². The summed E-state index contributed by atoms with van der Waals surface area (Å²) in [6, 6.07) is 7.58. The molecule has 1 aliphatic rings. The summed E-state index contributed by atoms with van der Waals surface area (Å²) in [4.78, 5) is 14.8. The van der Waals surface area contributed by atoms with Crippen LogP contribution in [0, 0.1) is 5.41 Å². The minimum Gasteiger partial charge on any atom is -0.378 e. The number of nitrogens with zero attached hydrogens (tertiary/aromatic N) is 1. The molecule has 1 aromatic rings. The highest BCUT2D eigenvalue weighted by molar-refractivity contribution is 6.30. The molecule has 1 aliphatic carbocycles. The van der Waals surface area contributed by atoms with Gasteiger partial charge in [0.1, 0.15) is 5.54 Å². The van der Waals surface area contributed by atoms with Crippen molar-refractivity contribution in [3.8, 4) is 0 Å².